The molecule has 152 valence electrons. The van der Waals surface area contributed by atoms with Crippen LogP contribution in [0.4, 0.5) is 4.39 Å². The molecule has 0 aliphatic carbocycles. The maximum Gasteiger partial charge on any atom is 0.339 e. The lowest BCUT2D eigenvalue weighted by atomic mass is 10.2. The number of halogens is 1. The van der Waals surface area contributed by atoms with Gasteiger partial charge in [-0.25, -0.2) is 4.39 Å². The Labute approximate surface area is 165 Å². The summed E-state index contributed by atoms with van der Waals surface area (Å²) >= 11 is 0. The topological polar surface area (TPSA) is 72.9 Å². The van der Waals surface area contributed by atoms with Crippen molar-refractivity contribution in [3.8, 4) is 5.75 Å². The molecule has 0 fully saturated rings. The van der Waals surface area contributed by atoms with E-state index in [4.69, 9.17) is 8.92 Å². The molecular formula is C20H24FNO5S. The summed E-state index contributed by atoms with van der Waals surface area (Å²) in [6.45, 7) is 3.26. The predicted octanol–water partition coefficient (Wildman–Crippen LogP) is 3.37. The number of ether oxygens (including phenoxy) is 1. The lowest BCUT2D eigenvalue weighted by Crippen LogP contribution is -2.33. The second-order valence-corrected chi connectivity index (χ2v) is 7.74. The number of rotatable bonds is 10. The van der Waals surface area contributed by atoms with Gasteiger partial charge in [0.05, 0.1) is 6.61 Å². The van der Waals surface area contributed by atoms with E-state index in [1.807, 2.05) is 6.92 Å². The fourth-order valence-electron chi connectivity index (χ4n) is 2.51. The van der Waals surface area contributed by atoms with Gasteiger partial charge in [-0.2, -0.15) is 8.42 Å². The van der Waals surface area contributed by atoms with Crippen LogP contribution in [0.3, 0.4) is 0 Å². The van der Waals surface area contributed by atoms with Crippen molar-refractivity contribution in [2.75, 3.05) is 20.3 Å². The van der Waals surface area contributed by atoms with Crippen LogP contribution in [-0.2, 0) is 26.2 Å². The summed E-state index contributed by atoms with van der Waals surface area (Å²) in [5, 5.41) is 0. The molecule has 0 atom stereocenters. The van der Waals surface area contributed by atoms with E-state index in [0.29, 0.717) is 26.1 Å². The van der Waals surface area contributed by atoms with Gasteiger partial charge in [-0.1, -0.05) is 19.1 Å². The number of methoxy groups -OCH3 is 1. The Balaban J connectivity index is 2.07. The molecule has 1 amide bonds. The van der Waals surface area contributed by atoms with E-state index in [9.17, 15) is 17.6 Å². The quantitative estimate of drug-likeness (QED) is 0.563. The van der Waals surface area contributed by atoms with Crippen molar-refractivity contribution in [1.29, 1.82) is 0 Å². The van der Waals surface area contributed by atoms with Crippen molar-refractivity contribution in [3.63, 3.8) is 0 Å². The smallest absolute Gasteiger partial charge is 0.339 e. The van der Waals surface area contributed by atoms with E-state index in [-0.39, 0.29) is 16.6 Å². The maximum atomic E-state index is 13.0. The second kappa shape index (κ2) is 10.2. The monoisotopic (exact) mass is 409 g/mol. The molecule has 0 aliphatic heterocycles. The summed E-state index contributed by atoms with van der Waals surface area (Å²) in [4.78, 5) is 13.8. The van der Waals surface area contributed by atoms with Crippen molar-refractivity contribution in [3.05, 3.63) is 59.9 Å². The van der Waals surface area contributed by atoms with E-state index in [1.165, 1.54) is 12.1 Å². The molecule has 0 heterocycles. The summed E-state index contributed by atoms with van der Waals surface area (Å²) in [6.07, 6.45) is 1.22. The highest BCUT2D eigenvalue weighted by molar-refractivity contribution is 7.87. The molecule has 2 aromatic rings. The van der Waals surface area contributed by atoms with Crippen LogP contribution in [0, 0.1) is 5.82 Å². The Morgan fingerprint density at radius 3 is 2.29 bits per heavy atom. The first kappa shape index (κ1) is 21.8. The summed E-state index contributed by atoms with van der Waals surface area (Å²) in [6, 6.07) is 10.9. The number of benzene rings is 2. The number of carbonyl (C=O) groups excluding carboxylic acids is 1. The SMILES string of the molecule is CCCC(=O)N(CCOC)Cc1ccc(OS(=O)(=O)c2ccc(F)cc2)cc1. The largest absolute Gasteiger partial charge is 0.383 e. The molecule has 8 heteroatoms. The van der Waals surface area contributed by atoms with E-state index in [0.717, 1.165) is 36.2 Å². The number of carbonyl (C=O) groups is 1. The molecule has 0 saturated heterocycles. The number of hydrogen-bond donors (Lipinski definition) is 0. The van der Waals surface area contributed by atoms with Gasteiger partial charge >= 0.3 is 10.1 Å². The molecule has 2 aromatic carbocycles. The van der Waals surface area contributed by atoms with Crippen LogP contribution in [0.25, 0.3) is 0 Å². The summed E-state index contributed by atoms with van der Waals surface area (Å²) in [5.74, 6) is -0.353. The van der Waals surface area contributed by atoms with E-state index < -0.39 is 15.9 Å². The lowest BCUT2D eigenvalue weighted by molar-refractivity contribution is -0.132. The Morgan fingerprint density at radius 1 is 1.07 bits per heavy atom. The van der Waals surface area contributed by atoms with Gasteiger partial charge in [0.25, 0.3) is 0 Å². The Hall–Kier alpha value is -2.45. The van der Waals surface area contributed by atoms with Crippen LogP contribution in [0.1, 0.15) is 25.3 Å². The molecule has 0 aromatic heterocycles. The average Bonchev–Trinajstić information content (AvgIpc) is 2.66. The molecule has 0 spiro atoms. The van der Waals surface area contributed by atoms with Crippen molar-refractivity contribution in [2.24, 2.45) is 0 Å². The molecule has 0 aliphatic rings. The lowest BCUT2D eigenvalue weighted by Gasteiger charge is -2.22. The Bertz CT molecular complexity index is 866. The first-order valence-corrected chi connectivity index (χ1v) is 10.3. The van der Waals surface area contributed by atoms with Crippen molar-refractivity contribution < 1.29 is 26.5 Å². The van der Waals surface area contributed by atoms with Crippen LogP contribution >= 0.6 is 0 Å². The van der Waals surface area contributed by atoms with Crippen molar-refractivity contribution >= 4 is 16.0 Å². The number of amides is 1. The minimum atomic E-state index is -4.05. The van der Waals surface area contributed by atoms with Gasteiger partial charge in [-0.05, 0) is 48.4 Å². The standard InChI is InChI=1S/C20H24FNO5S/c1-3-4-20(23)22(13-14-26-2)15-16-5-9-18(10-6-16)27-28(24,25)19-11-7-17(21)8-12-19/h5-12H,3-4,13-15H2,1-2H3. The predicted molar refractivity (Wildman–Crippen MR) is 103 cm³/mol. The zero-order chi connectivity index (χ0) is 20.6. The summed E-state index contributed by atoms with van der Waals surface area (Å²) < 4.78 is 47.6. The van der Waals surface area contributed by atoms with Crippen molar-refractivity contribution in [2.45, 2.75) is 31.2 Å². The highest BCUT2D eigenvalue weighted by atomic mass is 32.2. The molecule has 0 N–H and O–H groups in total. The fraction of sp³-hybridized carbons (Fsp3) is 0.350. The van der Waals surface area contributed by atoms with Crippen LogP contribution in [-0.4, -0.2) is 39.5 Å². The van der Waals surface area contributed by atoms with Crippen LogP contribution < -0.4 is 4.18 Å². The molecule has 0 unspecified atom stereocenters. The molecule has 28 heavy (non-hydrogen) atoms. The number of hydrogen-bond acceptors (Lipinski definition) is 5. The first-order valence-electron chi connectivity index (χ1n) is 8.91. The molecule has 0 radical (unpaired) electrons. The summed E-state index contributed by atoms with van der Waals surface area (Å²) in [7, 11) is -2.47. The number of nitrogens with zero attached hydrogens (tertiary/aromatic N) is 1. The zero-order valence-corrected chi connectivity index (χ0v) is 16.7. The van der Waals surface area contributed by atoms with Gasteiger partial charge in [0.15, 0.2) is 0 Å². The minimum absolute atomic E-state index is 0.0405. The molecule has 0 saturated carbocycles. The van der Waals surface area contributed by atoms with Crippen LogP contribution in [0.2, 0.25) is 0 Å². The first-order chi connectivity index (χ1) is 13.4. The highest BCUT2D eigenvalue weighted by Crippen LogP contribution is 2.20. The van der Waals surface area contributed by atoms with Crippen LogP contribution in [0.5, 0.6) is 5.75 Å². The van der Waals surface area contributed by atoms with E-state index >= 15 is 0 Å². The van der Waals surface area contributed by atoms with Gasteiger partial charge in [-0.3, -0.25) is 4.79 Å². The third kappa shape index (κ3) is 6.31. The van der Waals surface area contributed by atoms with Gasteiger partial charge in [-0.15, -0.1) is 0 Å². The zero-order valence-electron chi connectivity index (χ0n) is 15.9. The molecule has 6 nitrogen and oxygen atoms in total. The minimum Gasteiger partial charge on any atom is -0.383 e. The summed E-state index contributed by atoms with van der Waals surface area (Å²) in [5.41, 5.74) is 0.840. The third-order valence-corrected chi connectivity index (χ3v) is 5.25. The normalized spacial score (nSPS) is 11.2. The average molecular weight is 409 g/mol. The van der Waals surface area contributed by atoms with Gasteiger partial charge < -0.3 is 13.8 Å². The Morgan fingerprint density at radius 2 is 1.71 bits per heavy atom. The fourth-order valence-corrected chi connectivity index (χ4v) is 3.44. The van der Waals surface area contributed by atoms with E-state index in [2.05, 4.69) is 0 Å². The van der Waals surface area contributed by atoms with Crippen molar-refractivity contribution in [1.82, 2.24) is 4.90 Å². The van der Waals surface area contributed by atoms with Crippen LogP contribution in [0.15, 0.2) is 53.4 Å². The third-order valence-electron chi connectivity index (χ3n) is 3.99. The van der Waals surface area contributed by atoms with Gasteiger partial charge in [0.1, 0.15) is 16.5 Å². The van der Waals surface area contributed by atoms with Gasteiger partial charge in [0, 0.05) is 26.6 Å². The molecule has 0 bridgehead atoms. The van der Waals surface area contributed by atoms with E-state index in [1.54, 1.807) is 24.1 Å². The maximum absolute atomic E-state index is 13.0. The Kier molecular flexibility index (Phi) is 7.95. The highest BCUT2D eigenvalue weighted by Gasteiger charge is 2.17. The second-order valence-electron chi connectivity index (χ2n) is 6.19. The molecular weight excluding hydrogens is 385 g/mol. The molecule has 2 rings (SSSR count). The van der Waals surface area contributed by atoms with Gasteiger partial charge in [0.2, 0.25) is 5.91 Å².